The van der Waals surface area contributed by atoms with Crippen molar-refractivity contribution >= 4 is 29.0 Å². The summed E-state index contributed by atoms with van der Waals surface area (Å²) in [4.78, 5) is 27.5. The van der Waals surface area contributed by atoms with Crippen LogP contribution in [0.2, 0.25) is 5.02 Å². The summed E-state index contributed by atoms with van der Waals surface area (Å²) in [5.74, 6) is 0.534. The van der Waals surface area contributed by atoms with Crippen molar-refractivity contribution in [3.8, 4) is 5.69 Å². The van der Waals surface area contributed by atoms with Crippen molar-refractivity contribution in [2.24, 2.45) is 5.92 Å². The molecule has 166 valence electrons. The number of nitrogens with one attached hydrogen (secondary N) is 1. The molecule has 1 aromatic heterocycles. The van der Waals surface area contributed by atoms with Gasteiger partial charge in [0.05, 0.1) is 11.6 Å². The summed E-state index contributed by atoms with van der Waals surface area (Å²) in [5.41, 5.74) is 4.34. The van der Waals surface area contributed by atoms with E-state index in [2.05, 4.69) is 15.3 Å². The van der Waals surface area contributed by atoms with Crippen LogP contribution in [0.5, 0.6) is 0 Å². The summed E-state index contributed by atoms with van der Waals surface area (Å²) in [6, 6.07) is 14.7. The first kappa shape index (κ1) is 22.1. The number of anilines is 2. The molecular formula is C25H27ClN4O2. The smallest absolute Gasteiger partial charge is 0.271 e. The Morgan fingerprint density at radius 1 is 1.06 bits per heavy atom. The maximum absolute atomic E-state index is 13.0. The number of benzene rings is 2. The third-order valence-electron chi connectivity index (χ3n) is 5.95. The molecule has 1 fully saturated rings. The van der Waals surface area contributed by atoms with Crippen molar-refractivity contribution in [1.82, 2.24) is 9.78 Å². The fourth-order valence-corrected chi connectivity index (χ4v) is 4.15. The highest BCUT2D eigenvalue weighted by molar-refractivity contribution is 6.31. The number of rotatable bonds is 4. The van der Waals surface area contributed by atoms with Gasteiger partial charge in [-0.05, 0) is 74.6 Å². The summed E-state index contributed by atoms with van der Waals surface area (Å²) in [7, 11) is 0. The molecule has 1 atom stereocenters. The van der Waals surface area contributed by atoms with Crippen LogP contribution in [0.3, 0.4) is 0 Å². The molecule has 0 radical (unpaired) electrons. The van der Waals surface area contributed by atoms with Crippen LogP contribution in [-0.4, -0.2) is 28.8 Å². The third kappa shape index (κ3) is 4.70. The van der Waals surface area contributed by atoms with E-state index < -0.39 is 0 Å². The quantitative estimate of drug-likeness (QED) is 0.627. The second-order valence-electron chi connectivity index (χ2n) is 8.47. The van der Waals surface area contributed by atoms with Gasteiger partial charge in [0.2, 0.25) is 5.91 Å². The lowest BCUT2D eigenvalue weighted by Gasteiger charge is -2.33. The number of nitrogens with zero attached hydrogens (tertiary/aromatic N) is 3. The van der Waals surface area contributed by atoms with E-state index in [4.69, 9.17) is 11.6 Å². The molecule has 0 spiro atoms. The van der Waals surface area contributed by atoms with Crippen molar-refractivity contribution < 1.29 is 4.79 Å². The summed E-state index contributed by atoms with van der Waals surface area (Å²) in [6.45, 7) is 7.26. The van der Waals surface area contributed by atoms with Gasteiger partial charge in [0.15, 0.2) is 0 Å². The number of carbonyl (C=O) groups excluding carboxylic acids is 1. The number of piperidine rings is 1. The van der Waals surface area contributed by atoms with E-state index in [1.165, 1.54) is 10.7 Å². The van der Waals surface area contributed by atoms with Gasteiger partial charge < -0.3 is 10.2 Å². The zero-order chi connectivity index (χ0) is 22.8. The van der Waals surface area contributed by atoms with E-state index in [9.17, 15) is 9.59 Å². The molecule has 0 saturated carbocycles. The molecule has 0 aliphatic carbocycles. The number of aromatic nitrogens is 2. The topological polar surface area (TPSA) is 67.2 Å². The lowest BCUT2D eigenvalue weighted by Crippen LogP contribution is -2.41. The first-order chi connectivity index (χ1) is 15.3. The summed E-state index contributed by atoms with van der Waals surface area (Å²) < 4.78 is 1.36. The molecule has 1 saturated heterocycles. The zero-order valence-electron chi connectivity index (χ0n) is 18.6. The van der Waals surface area contributed by atoms with Gasteiger partial charge >= 0.3 is 0 Å². The second kappa shape index (κ2) is 9.17. The van der Waals surface area contributed by atoms with Gasteiger partial charge in [0, 0.05) is 29.9 Å². The number of hydrogen-bond acceptors (Lipinski definition) is 4. The predicted octanol–water partition coefficient (Wildman–Crippen LogP) is 4.67. The second-order valence-corrected chi connectivity index (χ2v) is 8.88. The van der Waals surface area contributed by atoms with Crippen molar-refractivity contribution in [3.63, 3.8) is 0 Å². The van der Waals surface area contributed by atoms with Crippen LogP contribution in [0.25, 0.3) is 5.69 Å². The summed E-state index contributed by atoms with van der Waals surface area (Å²) >= 11 is 6.25. The third-order valence-corrected chi connectivity index (χ3v) is 6.36. The SMILES string of the molecule is Cc1ccc(C)c(NC(=O)[C@H]2CCCN(c3ccc(=O)n(-c4ccc(C)c(Cl)c4)n3)C2)c1. The highest BCUT2D eigenvalue weighted by atomic mass is 35.5. The Hall–Kier alpha value is -3.12. The number of hydrogen-bond donors (Lipinski definition) is 1. The number of aryl methyl sites for hydroxylation is 3. The van der Waals surface area contributed by atoms with Gasteiger partial charge in [-0.3, -0.25) is 9.59 Å². The van der Waals surface area contributed by atoms with Crippen LogP contribution in [0.1, 0.15) is 29.5 Å². The molecule has 1 N–H and O–H groups in total. The van der Waals surface area contributed by atoms with Crippen LogP contribution in [0.15, 0.2) is 53.3 Å². The van der Waals surface area contributed by atoms with Crippen LogP contribution in [0.4, 0.5) is 11.5 Å². The van der Waals surface area contributed by atoms with E-state index in [-0.39, 0.29) is 17.4 Å². The van der Waals surface area contributed by atoms with Gasteiger partial charge in [-0.25, -0.2) is 0 Å². The highest BCUT2D eigenvalue weighted by Gasteiger charge is 2.27. The molecule has 1 aliphatic rings. The zero-order valence-corrected chi connectivity index (χ0v) is 19.3. The van der Waals surface area contributed by atoms with Gasteiger partial charge in [-0.15, -0.1) is 5.10 Å². The van der Waals surface area contributed by atoms with Crippen molar-refractivity contribution in [1.29, 1.82) is 0 Å². The normalized spacial score (nSPS) is 16.1. The van der Waals surface area contributed by atoms with E-state index in [1.54, 1.807) is 12.1 Å². The molecule has 3 aromatic rings. The van der Waals surface area contributed by atoms with E-state index in [0.717, 1.165) is 41.8 Å². The Morgan fingerprint density at radius 3 is 2.62 bits per heavy atom. The highest BCUT2D eigenvalue weighted by Crippen LogP contribution is 2.25. The Bertz CT molecular complexity index is 1220. The summed E-state index contributed by atoms with van der Waals surface area (Å²) in [5, 5.41) is 8.26. The molecule has 4 rings (SSSR count). The molecule has 0 unspecified atom stereocenters. The van der Waals surface area contributed by atoms with Crippen molar-refractivity contribution in [3.05, 3.63) is 80.6 Å². The van der Waals surface area contributed by atoms with E-state index >= 15 is 0 Å². The van der Waals surface area contributed by atoms with Crippen molar-refractivity contribution in [2.75, 3.05) is 23.3 Å². The summed E-state index contributed by atoms with van der Waals surface area (Å²) in [6.07, 6.45) is 1.70. The van der Waals surface area contributed by atoms with Gasteiger partial charge in [-0.1, -0.05) is 29.8 Å². The van der Waals surface area contributed by atoms with Crippen LogP contribution >= 0.6 is 11.6 Å². The van der Waals surface area contributed by atoms with Crippen LogP contribution in [0, 0.1) is 26.7 Å². The molecule has 7 heteroatoms. The maximum atomic E-state index is 13.0. The minimum atomic E-state index is -0.227. The predicted molar refractivity (Wildman–Crippen MR) is 129 cm³/mol. The Morgan fingerprint density at radius 2 is 1.84 bits per heavy atom. The molecule has 6 nitrogen and oxygen atoms in total. The van der Waals surface area contributed by atoms with Crippen LogP contribution < -0.4 is 15.8 Å². The van der Waals surface area contributed by atoms with Gasteiger partial charge in [0.25, 0.3) is 5.56 Å². The Labute approximate surface area is 192 Å². The average Bonchev–Trinajstić information content (AvgIpc) is 2.78. The van der Waals surface area contributed by atoms with Crippen molar-refractivity contribution in [2.45, 2.75) is 33.6 Å². The Kier molecular flexibility index (Phi) is 6.33. The first-order valence-electron chi connectivity index (χ1n) is 10.8. The standard InChI is InChI=1S/C25H27ClN4O2/c1-16-6-7-18(3)22(13-16)27-25(32)19-5-4-12-29(15-19)23-10-11-24(31)30(28-23)20-9-8-17(2)21(26)14-20/h6-11,13-14,19H,4-5,12,15H2,1-3H3,(H,27,32)/t19-/m0/s1. The van der Waals surface area contributed by atoms with E-state index in [0.29, 0.717) is 23.1 Å². The fourth-order valence-electron chi connectivity index (χ4n) is 3.97. The fraction of sp³-hybridized carbons (Fsp3) is 0.320. The number of halogens is 1. The minimum absolute atomic E-state index is 0.0158. The van der Waals surface area contributed by atoms with Gasteiger partial charge in [-0.2, -0.15) is 4.68 Å². The largest absolute Gasteiger partial charge is 0.354 e. The monoisotopic (exact) mass is 450 g/mol. The lowest BCUT2D eigenvalue weighted by atomic mass is 9.96. The number of amides is 1. The molecule has 1 amide bonds. The average molecular weight is 451 g/mol. The Balaban J connectivity index is 1.54. The van der Waals surface area contributed by atoms with E-state index in [1.807, 2.05) is 51.1 Å². The molecule has 0 bridgehead atoms. The van der Waals surface area contributed by atoms with Gasteiger partial charge in [0.1, 0.15) is 5.82 Å². The molecular weight excluding hydrogens is 424 g/mol. The number of carbonyl (C=O) groups is 1. The van der Waals surface area contributed by atoms with Crippen LogP contribution in [-0.2, 0) is 4.79 Å². The maximum Gasteiger partial charge on any atom is 0.271 e. The molecule has 2 aromatic carbocycles. The molecule has 2 heterocycles. The lowest BCUT2D eigenvalue weighted by molar-refractivity contribution is -0.120. The molecule has 32 heavy (non-hydrogen) atoms. The minimum Gasteiger partial charge on any atom is -0.354 e. The first-order valence-corrected chi connectivity index (χ1v) is 11.2. The molecule has 1 aliphatic heterocycles.